The van der Waals surface area contributed by atoms with E-state index < -0.39 is 24.1 Å². The van der Waals surface area contributed by atoms with Crippen molar-refractivity contribution in [2.24, 2.45) is 0 Å². The van der Waals surface area contributed by atoms with Crippen LogP contribution in [0.1, 0.15) is 136 Å². The molecule has 1 N–H and O–H groups in total. The molecule has 0 aromatic carbocycles. The molecule has 0 bridgehead atoms. The quantitative estimate of drug-likeness (QED) is 0.0219. The summed E-state index contributed by atoms with van der Waals surface area (Å²) in [6, 6.07) is -0.638. The Balaban J connectivity index is 4.54. The summed E-state index contributed by atoms with van der Waals surface area (Å²) in [4.78, 5) is 36.9. The molecule has 2 atom stereocenters. The fourth-order valence-corrected chi connectivity index (χ4v) is 5.62. The van der Waals surface area contributed by atoms with Crippen molar-refractivity contribution in [2.75, 3.05) is 41.0 Å². The maximum Gasteiger partial charge on any atom is 0.362 e. The Morgan fingerprint density at radius 2 is 1.07 bits per heavy atom. The predicted molar refractivity (Wildman–Crippen MR) is 242 cm³/mol. The lowest BCUT2D eigenvalue weighted by Crippen LogP contribution is -2.50. The first kappa shape index (κ1) is 54.0. The van der Waals surface area contributed by atoms with Crippen LogP contribution in [-0.4, -0.2) is 80.6 Å². The largest absolute Gasteiger partial charge is 0.477 e. The Labute approximate surface area is 353 Å². The van der Waals surface area contributed by atoms with Crippen molar-refractivity contribution in [1.29, 1.82) is 0 Å². The van der Waals surface area contributed by atoms with Crippen molar-refractivity contribution < 1.29 is 38.2 Å². The van der Waals surface area contributed by atoms with Gasteiger partial charge in [0.15, 0.2) is 12.1 Å². The Hall–Kier alpha value is -4.01. The van der Waals surface area contributed by atoms with Crippen molar-refractivity contribution in [2.45, 2.75) is 148 Å². The second-order valence-corrected chi connectivity index (χ2v) is 15.3. The molecule has 2 unspecified atom stereocenters. The van der Waals surface area contributed by atoms with Gasteiger partial charge in [-0.05, 0) is 70.6 Å². The van der Waals surface area contributed by atoms with Crippen LogP contribution in [0.2, 0.25) is 0 Å². The second-order valence-electron chi connectivity index (χ2n) is 15.3. The van der Waals surface area contributed by atoms with E-state index in [-0.39, 0.29) is 36.7 Å². The van der Waals surface area contributed by atoms with Crippen LogP contribution in [0.15, 0.2) is 109 Å². The number of ether oxygens (including phenoxy) is 3. The van der Waals surface area contributed by atoms with E-state index >= 15 is 0 Å². The Kier molecular flexibility index (Phi) is 37.0. The molecule has 0 aromatic rings. The van der Waals surface area contributed by atoms with Gasteiger partial charge < -0.3 is 23.8 Å². The number of carboxylic acid groups (broad SMARTS) is 1. The molecule has 0 fully saturated rings. The zero-order valence-electron chi connectivity index (χ0n) is 36.9. The number of unbranched alkanes of at least 4 members (excludes halogenated alkanes) is 8. The van der Waals surface area contributed by atoms with Gasteiger partial charge in [0.25, 0.3) is 0 Å². The Bertz CT molecular complexity index is 1310. The van der Waals surface area contributed by atoms with Gasteiger partial charge >= 0.3 is 17.9 Å². The Morgan fingerprint density at radius 1 is 0.552 bits per heavy atom. The molecule has 8 nitrogen and oxygen atoms in total. The summed E-state index contributed by atoms with van der Waals surface area (Å²) in [6.45, 7) is 4.45. The Morgan fingerprint density at radius 3 is 1.62 bits per heavy atom. The van der Waals surface area contributed by atoms with Crippen LogP contribution < -0.4 is 0 Å². The SMILES string of the molecule is CC/C=C/C/C=C/C/C=C/C/C=C/C/C=C/CCC(=O)OC(COCCC(C(=O)O)[N+](C)(C)C)COC(=O)CCCCCCC/C=C/C=C/C=C/C=C/CCCCC. The molecule has 0 saturated heterocycles. The fraction of sp³-hybridized carbons (Fsp3) is 0.580. The van der Waals surface area contributed by atoms with E-state index in [4.69, 9.17) is 14.2 Å². The van der Waals surface area contributed by atoms with E-state index in [0.29, 0.717) is 19.3 Å². The first-order valence-electron chi connectivity index (χ1n) is 22.0. The maximum absolute atomic E-state index is 12.7. The standard InChI is InChI=1S/C50H79NO7/c1-6-8-10-12-14-16-18-20-22-24-25-27-28-30-32-34-36-38-40-48(52)57-45-46(44-56-43-42-47(50(54)55)51(3,4)5)58-49(53)41-39-37-35-33-31-29-26-23-21-19-17-15-13-11-9-7-2/h9,11,14-18,20-25,27,29,31,35,37,46-47H,6-8,10,12-13,19,26,28,30,32-34,36,38-45H2,1-5H3/p+1/b11-9+,16-14+,17-15+,20-18+,23-21+,24-22+,27-25+,31-29+,37-35+. The highest BCUT2D eigenvalue weighted by atomic mass is 16.6. The number of rotatable bonds is 37. The fourth-order valence-electron chi connectivity index (χ4n) is 5.62. The van der Waals surface area contributed by atoms with Gasteiger partial charge in [0.2, 0.25) is 0 Å². The van der Waals surface area contributed by atoms with Gasteiger partial charge in [-0.3, -0.25) is 9.59 Å². The highest BCUT2D eigenvalue weighted by molar-refractivity contribution is 5.72. The molecular weight excluding hydrogens is 727 g/mol. The van der Waals surface area contributed by atoms with Crippen molar-refractivity contribution >= 4 is 17.9 Å². The first-order valence-corrected chi connectivity index (χ1v) is 22.0. The van der Waals surface area contributed by atoms with Crippen LogP contribution in [0.4, 0.5) is 0 Å². The number of carbonyl (C=O) groups is 3. The molecule has 0 amide bonds. The van der Waals surface area contributed by atoms with E-state index in [1.54, 1.807) is 0 Å². The lowest BCUT2D eigenvalue weighted by molar-refractivity contribution is -0.887. The minimum atomic E-state index is -0.895. The monoisotopic (exact) mass is 807 g/mol. The zero-order valence-corrected chi connectivity index (χ0v) is 36.9. The number of hydrogen-bond donors (Lipinski definition) is 1. The van der Waals surface area contributed by atoms with Gasteiger partial charge in [-0.1, -0.05) is 155 Å². The average molecular weight is 807 g/mol. The normalized spacial score (nSPS) is 14.0. The van der Waals surface area contributed by atoms with E-state index in [9.17, 15) is 19.5 Å². The lowest BCUT2D eigenvalue weighted by atomic mass is 10.1. The molecule has 0 aliphatic heterocycles. The van der Waals surface area contributed by atoms with Gasteiger partial charge in [0.1, 0.15) is 6.61 Å². The molecule has 58 heavy (non-hydrogen) atoms. The number of hydrogen-bond acceptors (Lipinski definition) is 6. The summed E-state index contributed by atoms with van der Waals surface area (Å²) in [5.74, 6) is -1.62. The molecule has 0 rings (SSSR count). The molecule has 326 valence electrons. The number of aliphatic carboxylic acids is 1. The predicted octanol–water partition coefficient (Wildman–Crippen LogP) is 12.1. The number of esters is 2. The van der Waals surface area contributed by atoms with Crippen LogP contribution >= 0.6 is 0 Å². The molecule has 0 aliphatic carbocycles. The molecule has 0 heterocycles. The molecule has 0 aliphatic rings. The second kappa shape index (κ2) is 39.8. The van der Waals surface area contributed by atoms with Crippen LogP contribution in [0, 0.1) is 0 Å². The summed E-state index contributed by atoms with van der Waals surface area (Å²) in [5.41, 5.74) is 0. The van der Waals surface area contributed by atoms with Gasteiger partial charge in [-0.15, -0.1) is 0 Å². The number of allylic oxidation sites excluding steroid dienone is 18. The van der Waals surface area contributed by atoms with Crippen LogP contribution in [-0.2, 0) is 28.6 Å². The van der Waals surface area contributed by atoms with Gasteiger partial charge in [-0.25, -0.2) is 4.79 Å². The summed E-state index contributed by atoms with van der Waals surface area (Å²) >= 11 is 0. The van der Waals surface area contributed by atoms with Crippen LogP contribution in [0.3, 0.4) is 0 Å². The van der Waals surface area contributed by atoms with Crippen LogP contribution in [0.5, 0.6) is 0 Å². The molecule has 0 radical (unpaired) electrons. The summed E-state index contributed by atoms with van der Waals surface area (Å²) < 4.78 is 17.2. The summed E-state index contributed by atoms with van der Waals surface area (Å²) in [5, 5.41) is 9.62. The first-order chi connectivity index (χ1) is 28.1. The van der Waals surface area contributed by atoms with Gasteiger partial charge in [0, 0.05) is 19.3 Å². The highest BCUT2D eigenvalue weighted by Gasteiger charge is 2.31. The number of quaternary nitrogens is 1. The van der Waals surface area contributed by atoms with E-state index in [0.717, 1.165) is 77.0 Å². The smallest absolute Gasteiger partial charge is 0.362 e. The third-order valence-electron chi connectivity index (χ3n) is 9.01. The van der Waals surface area contributed by atoms with E-state index in [1.807, 2.05) is 45.4 Å². The third kappa shape index (κ3) is 37.6. The molecule has 0 aromatic heterocycles. The van der Waals surface area contributed by atoms with Crippen LogP contribution in [0.25, 0.3) is 0 Å². The average Bonchev–Trinajstić information content (AvgIpc) is 3.18. The lowest BCUT2D eigenvalue weighted by Gasteiger charge is -2.31. The molecular formula is C50H80NO7+. The number of carboxylic acids is 1. The topological polar surface area (TPSA) is 99.1 Å². The van der Waals surface area contributed by atoms with Crippen molar-refractivity contribution in [3.8, 4) is 0 Å². The molecule has 0 saturated carbocycles. The van der Waals surface area contributed by atoms with Crippen molar-refractivity contribution in [3.05, 3.63) is 109 Å². The van der Waals surface area contributed by atoms with E-state index in [1.165, 1.54) is 19.3 Å². The highest BCUT2D eigenvalue weighted by Crippen LogP contribution is 2.11. The van der Waals surface area contributed by atoms with E-state index in [2.05, 4.69) is 98.9 Å². The molecule has 0 spiro atoms. The molecule has 8 heteroatoms. The number of nitrogens with zero attached hydrogens (tertiary/aromatic N) is 1. The number of likely N-dealkylation sites (N-methyl/N-ethyl adjacent to an activating group) is 1. The summed E-state index contributed by atoms with van der Waals surface area (Å²) in [6.07, 6.45) is 54.3. The number of carbonyl (C=O) groups excluding carboxylic acids is 2. The van der Waals surface area contributed by atoms with Crippen molar-refractivity contribution in [3.63, 3.8) is 0 Å². The van der Waals surface area contributed by atoms with Gasteiger partial charge in [-0.2, -0.15) is 0 Å². The van der Waals surface area contributed by atoms with Crippen molar-refractivity contribution in [1.82, 2.24) is 0 Å². The minimum Gasteiger partial charge on any atom is -0.477 e. The zero-order chi connectivity index (χ0) is 42.8. The third-order valence-corrected chi connectivity index (χ3v) is 9.01. The minimum absolute atomic E-state index is 0.0155. The van der Waals surface area contributed by atoms with Gasteiger partial charge in [0.05, 0.1) is 34.4 Å². The maximum atomic E-state index is 12.7. The summed E-state index contributed by atoms with van der Waals surface area (Å²) in [7, 11) is 5.48.